The summed E-state index contributed by atoms with van der Waals surface area (Å²) in [6.07, 6.45) is 3.10. The van der Waals surface area contributed by atoms with E-state index in [1.54, 1.807) is 12.4 Å². The Labute approximate surface area is 100 Å². The molecule has 2 rings (SSSR count). The van der Waals surface area contributed by atoms with E-state index in [4.69, 9.17) is 4.74 Å². The van der Waals surface area contributed by atoms with Crippen molar-refractivity contribution in [2.24, 2.45) is 0 Å². The molecule has 0 N–H and O–H groups in total. The van der Waals surface area contributed by atoms with Gasteiger partial charge in [-0.05, 0) is 45.4 Å². The number of ether oxygens (including phenoxy) is 1. The van der Waals surface area contributed by atoms with E-state index >= 15 is 0 Å². The molecule has 90 valence electrons. The van der Waals surface area contributed by atoms with Gasteiger partial charge in [0.2, 0.25) is 0 Å². The number of hydrogen-bond donors (Lipinski definition) is 0. The van der Waals surface area contributed by atoms with Crippen molar-refractivity contribution < 1.29 is 9.53 Å². The molecular formula is C13H16N2O2. The average Bonchev–Trinajstić information content (AvgIpc) is 2.55. The van der Waals surface area contributed by atoms with Crippen LogP contribution in [0.4, 0.5) is 4.79 Å². The average molecular weight is 232 g/mol. The number of hydrogen-bond acceptors (Lipinski definition) is 3. The first-order valence-electron chi connectivity index (χ1n) is 5.54. The maximum Gasteiger partial charge on any atom is 0.419 e. The first kappa shape index (κ1) is 11.6. The molecule has 2 heterocycles. The number of aryl methyl sites for hydroxylation is 1. The molecule has 0 spiro atoms. The summed E-state index contributed by atoms with van der Waals surface area (Å²) in [4.78, 5) is 16.3. The van der Waals surface area contributed by atoms with E-state index in [-0.39, 0.29) is 6.09 Å². The van der Waals surface area contributed by atoms with Crippen molar-refractivity contribution in [1.82, 2.24) is 9.55 Å². The van der Waals surface area contributed by atoms with Gasteiger partial charge in [0.05, 0.1) is 11.0 Å². The zero-order chi connectivity index (χ0) is 12.6. The Morgan fingerprint density at radius 1 is 1.41 bits per heavy atom. The minimum atomic E-state index is -0.496. The van der Waals surface area contributed by atoms with Crippen molar-refractivity contribution in [3.05, 3.63) is 30.1 Å². The fourth-order valence-electron chi connectivity index (χ4n) is 1.68. The predicted molar refractivity (Wildman–Crippen MR) is 66.1 cm³/mol. The lowest BCUT2D eigenvalue weighted by atomic mass is 10.2. The third kappa shape index (κ3) is 2.30. The topological polar surface area (TPSA) is 44.1 Å². The standard InChI is InChI=1S/C13H16N2O2/c1-9-8-15(12(16)17-13(2,3)4)10-6-5-7-14-11(9)10/h5-8H,1-4H3. The molecule has 0 saturated heterocycles. The Kier molecular flexibility index (Phi) is 2.65. The van der Waals surface area contributed by atoms with Gasteiger partial charge in [-0.25, -0.2) is 4.79 Å². The van der Waals surface area contributed by atoms with Gasteiger partial charge in [0.1, 0.15) is 5.60 Å². The fraction of sp³-hybridized carbons (Fsp3) is 0.385. The van der Waals surface area contributed by atoms with Crippen molar-refractivity contribution in [3.8, 4) is 0 Å². The van der Waals surface area contributed by atoms with Crippen LogP contribution >= 0.6 is 0 Å². The second-order valence-corrected chi connectivity index (χ2v) is 5.03. The Morgan fingerprint density at radius 3 is 2.76 bits per heavy atom. The van der Waals surface area contributed by atoms with Crippen LogP contribution in [0.1, 0.15) is 26.3 Å². The zero-order valence-corrected chi connectivity index (χ0v) is 10.5. The number of pyridine rings is 1. The molecule has 2 aromatic rings. The Bertz CT molecular complexity index is 564. The van der Waals surface area contributed by atoms with Crippen molar-refractivity contribution in [1.29, 1.82) is 0 Å². The van der Waals surface area contributed by atoms with Crippen LogP contribution in [-0.2, 0) is 4.74 Å². The third-order valence-corrected chi connectivity index (χ3v) is 2.33. The van der Waals surface area contributed by atoms with Gasteiger partial charge in [0.25, 0.3) is 0 Å². The normalized spacial score (nSPS) is 11.8. The molecule has 0 amide bonds. The first-order chi connectivity index (χ1) is 7.88. The molecule has 0 unspecified atom stereocenters. The van der Waals surface area contributed by atoms with Gasteiger partial charge in [-0.1, -0.05) is 0 Å². The molecule has 0 aromatic carbocycles. The highest BCUT2D eigenvalue weighted by Gasteiger charge is 2.19. The number of rotatable bonds is 0. The Morgan fingerprint density at radius 2 is 2.12 bits per heavy atom. The lowest BCUT2D eigenvalue weighted by molar-refractivity contribution is 0.0544. The van der Waals surface area contributed by atoms with Crippen molar-refractivity contribution in [2.45, 2.75) is 33.3 Å². The lowest BCUT2D eigenvalue weighted by Gasteiger charge is -2.19. The maximum atomic E-state index is 12.0. The second-order valence-electron chi connectivity index (χ2n) is 5.03. The molecule has 0 atom stereocenters. The number of carbonyl (C=O) groups is 1. The van der Waals surface area contributed by atoms with Crippen LogP contribution in [0.25, 0.3) is 11.0 Å². The largest absolute Gasteiger partial charge is 0.443 e. The van der Waals surface area contributed by atoms with Gasteiger partial charge in [0, 0.05) is 12.4 Å². The smallest absolute Gasteiger partial charge is 0.419 e. The van der Waals surface area contributed by atoms with Crippen molar-refractivity contribution >= 4 is 17.1 Å². The van der Waals surface area contributed by atoms with Gasteiger partial charge in [-0.15, -0.1) is 0 Å². The molecule has 0 bridgehead atoms. The van der Waals surface area contributed by atoms with Gasteiger partial charge in [-0.3, -0.25) is 9.55 Å². The fourth-order valence-corrected chi connectivity index (χ4v) is 1.68. The number of nitrogens with zero attached hydrogens (tertiary/aromatic N) is 2. The van der Waals surface area contributed by atoms with Crippen LogP contribution in [0.3, 0.4) is 0 Å². The van der Waals surface area contributed by atoms with Crippen LogP contribution in [0.2, 0.25) is 0 Å². The first-order valence-corrected chi connectivity index (χ1v) is 5.54. The van der Waals surface area contributed by atoms with Crippen molar-refractivity contribution in [2.75, 3.05) is 0 Å². The Hall–Kier alpha value is -1.84. The van der Waals surface area contributed by atoms with E-state index in [1.165, 1.54) is 4.57 Å². The van der Waals surface area contributed by atoms with Crippen molar-refractivity contribution in [3.63, 3.8) is 0 Å². The SMILES string of the molecule is Cc1cn(C(=O)OC(C)(C)C)c2cccnc12. The van der Waals surface area contributed by atoms with E-state index < -0.39 is 5.60 Å². The molecule has 0 fully saturated rings. The van der Waals surface area contributed by atoms with Gasteiger partial charge >= 0.3 is 6.09 Å². The van der Waals surface area contributed by atoms with Crippen LogP contribution in [-0.4, -0.2) is 21.2 Å². The summed E-state index contributed by atoms with van der Waals surface area (Å²) in [6.45, 7) is 7.47. The van der Waals surface area contributed by atoms with E-state index in [0.29, 0.717) is 0 Å². The van der Waals surface area contributed by atoms with Crippen LogP contribution in [0.15, 0.2) is 24.5 Å². The summed E-state index contributed by atoms with van der Waals surface area (Å²) < 4.78 is 6.84. The molecule has 0 radical (unpaired) electrons. The van der Waals surface area contributed by atoms with Crippen LogP contribution in [0.5, 0.6) is 0 Å². The molecule has 4 nitrogen and oxygen atoms in total. The van der Waals surface area contributed by atoms with E-state index in [9.17, 15) is 4.79 Å². The second kappa shape index (κ2) is 3.87. The van der Waals surface area contributed by atoms with Crippen LogP contribution < -0.4 is 0 Å². The molecule has 17 heavy (non-hydrogen) atoms. The molecular weight excluding hydrogens is 216 g/mol. The van der Waals surface area contributed by atoms with Gasteiger partial charge in [0.15, 0.2) is 0 Å². The predicted octanol–water partition coefficient (Wildman–Crippen LogP) is 3.13. The summed E-state index contributed by atoms with van der Waals surface area (Å²) in [6, 6.07) is 3.67. The molecule has 0 aliphatic rings. The summed E-state index contributed by atoms with van der Waals surface area (Å²) in [5.74, 6) is 0. The lowest BCUT2D eigenvalue weighted by Crippen LogP contribution is -2.26. The molecule has 0 aliphatic heterocycles. The number of aromatic nitrogens is 2. The highest BCUT2D eigenvalue weighted by molar-refractivity contribution is 5.89. The zero-order valence-electron chi connectivity index (χ0n) is 10.5. The minimum Gasteiger partial charge on any atom is -0.443 e. The van der Waals surface area contributed by atoms with E-state index in [1.807, 2.05) is 39.8 Å². The summed E-state index contributed by atoms with van der Waals surface area (Å²) in [5.41, 5.74) is 2.08. The third-order valence-electron chi connectivity index (χ3n) is 2.33. The minimum absolute atomic E-state index is 0.372. The number of carbonyl (C=O) groups excluding carboxylic acids is 1. The molecule has 0 aliphatic carbocycles. The highest BCUT2D eigenvalue weighted by atomic mass is 16.6. The maximum absolute atomic E-state index is 12.0. The number of fused-ring (bicyclic) bond motifs is 1. The van der Waals surface area contributed by atoms with Gasteiger partial charge < -0.3 is 4.74 Å². The Balaban J connectivity index is 2.46. The van der Waals surface area contributed by atoms with Crippen LogP contribution in [0, 0.1) is 6.92 Å². The quantitative estimate of drug-likeness (QED) is 0.701. The monoisotopic (exact) mass is 232 g/mol. The molecule has 4 heteroatoms. The van der Waals surface area contributed by atoms with E-state index in [0.717, 1.165) is 16.6 Å². The summed E-state index contributed by atoms with van der Waals surface area (Å²) in [7, 11) is 0. The molecule has 2 aromatic heterocycles. The summed E-state index contributed by atoms with van der Waals surface area (Å²) >= 11 is 0. The highest BCUT2D eigenvalue weighted by Crippen LogP contribution is 2.19. The molecule has 0 saturated carbocycles. The van der Waals surface area contributed by atoms with Gasteiger partial charge in [-0.2, -0.15) is 0 Å². The summed E-state index contributed by atoms with van der Waals surface area (Å²) in [5, 5.41) is 0. The van der Waals surface area contributed by atoms with E-state index in [2.05, 4.69) is 4.98 Å².